The van der Waals surface area contributed by atoms with E-state index in [4.69, 9.17) is 9.84 Å². The first kappa shape index (κ1) is 10.2. The van der Waals surface area contributed by atoms with Gasteiger partial charge in [0.2, 0.25) is 0 Å². The van der Waals surface area contributed by atoms with E-state index >= 15 is 0 Å². The molecule has 0 aromatic heterocycles. The first-order chi connectivity index (χ1) is 5.20. The topological polar surface area (TPSA) is 46.5 Å². The van der Waals surface area contributed by atoms with Crippen LogP contribution in [0.1, 0.15) is 19.3 Å². The number of hydrogen-bond donors (Lipinski definition) is 1. The second-order valence-corrected chi connectivity index (χ2v) is 2.32. The summed E-state index contributed by atoms with van der Waals surface area (Å²) in [5.74, 6) is -0.819. The lowest BCUT2D eigenvalue weighted by Gasteiger charge is -2.10. The Bertz CT molecular complexity index is 131. The fourth-order valence-electron chi connectivity index (χ4n) is 0.802. The number of carboxylic acids is 1. The van der Waals surface area contributed by atoms with Gasteiger partial charge in [-0.05, 0) is 12.8 Å². The molecular weight excluding hydrogens is 144 g/mol. The maximum atomic E-state index is 10.2. The first-order valence-electron chi connectivity index (χ1n) is 3.56. The van der Waals surface area contributed by atoms with Crippen LogP contribution in [0.3, 0.4) is 0 Å². The molecule has 0 saturated heterocycles. The average Bonchev–Trinajstić information content (AvgIpc) is 1.97. The number of methoxy groups -OCH3 is 1. The molecule has 1 N–H and O–H groups in total. The number of rotatable bonds is 6. The Kier molecular flexibility index (Phi) is 5.47. The van der Waals surface area contributed by atoms with E-state index in [2.05, 4.69) is 6.58 Å². The lowest BCUT2D eigenvalue weighted by molar-refractivity contribution is -0.139. The lowest BCUT2D eigenvalue weighted by atomic mass is 10.1. The lowest BCUT2D eigenvalue weighted by Crippen LogP contribution is -2.15. The molecule has 0 spiro atoms. The van der Waals surface area contributed by atoms with Gasteiger partial charge in [-0.25, -0.2) is 0 Å². The van der Waals surface area contributed by atoms with Crippen LogP contribution < -0.4 is 0 Å². The molecule has 64 valence electrons. The van der Waals surface area contributed by atoms with Crippen molar-refractivity contribution in [3.63, 3.8) is 0 Å². The van der Waals surface area contributed by atoms with Crippen LogP contribution in [0.2, 0.25) is 0 Å². The molecule has 3 heteroatoms. The molecule has 0 amide bonds. The number of allylic oxidation sites excluding steroid dienone is 1. The highest BCUT2D eigenvalue weighted by Crippen LogP contribution is 2.05. The molecule has 0 bridgehead atoms. The number of hydrogen-bond acceptors (Lipinski definition) is 2. The van der Waals surface area contributed by atoms with Gasteiger partial charge in [-0.15, -0.1) is 6.58 Å². The van der Waals surface area contributed by atoms with E-state index in [1.165, 1.54) is 7.11 Å². The van der Waals surface area contributed by atoms with Gasteiger partial charge in [-0.1, -0.05) is 6.08 Å². The SMILES string of the molecule is C=CCC[C@H](CC(=O)O)OC. The van der Waals surface area contributed by atoms with Crippen LogP contribution in [-0.4, -0.2) is 24.3 Å². The van der Waals surface area contributed by atoms with Crippen LogP contribution in [0.4, 0.5) is 0 Å². The summed E-state index contributed by atoms with van der Waals surface area (Å²) in [6.07, 6.45) is 3.18. The molecule has 0 aromatic carbocycles. The summed E-state index contributed by atoms with van der Waals surface area (Å²) in [7, 11) is 1.52. The Morgan fingerprint density at radius 2 is 2.45 bits per heavy atom. The van der Waals surface area contributed by atoms with Crippen LogP contribution in [0.5, 0.6) is 0 Å². The summed E-state index contributed by atoms with van der Waals surface area (Å²) < 4.78 is 4.93. The molecule has 3 nitrogen and oxygen atoms in total. The molecule has 0 aliphatic carbocycles. The summed E-state index contributed by atoms with van der Waals surface area (Å²) in [4.78, 5) is 10.2. The number of ether oxygens (including phenoxy) is 1. The minimum atomic E-state index is -0.819. The van der Waals surface area contributed by atoms with Gasteiger partial charge < -0.3 is 9.84 Å². The highest BCUT2D eigenvalue weighted by molar-refractivity contribution is 5.67. The molecule has 0 saturated carbocycles. The van der Waals surface area contributed by atoms with E-state index in [0.29, 0.717) is 0 Å². The average molecular weight is 158 g/mol. The van der Waals surface area contributed by atoms with Crippen molar-refractivity contribution in [2.75, 3.05) is 7.11 Å². The molecule has 0 aliphatic rings. The zero-order valence-corrected chi connectivity index (χ0v) is 6.75. The van der Waals surface area contributed by atoms with Crippen molar-refractivity contribution in [2.45, 2.75) is 25.4 Å². The maximum absolute atomic E-state index is 10.2. The van der Waals surface area contributed by atoms with Gasteiger partial charge in [0.1, 0.15) is 0 Å². The van der Waals surface area contributed by atoms with E-state index in [1.54, 1.807) is 6.08 Å². The third-order valence-corrected chi connectivity index (χ3v) is 1.43. The monoisotopic (exact) mass is 158 g/mol. The predicted octanol–water partition coefficient (Wildman–Crippen LogP) is 1.44. The number of aliphatic carboxylic acids is 1. The third-order valence-electron chi connectivity index (χ3n) is 1.43. The fraction of sp³-hybridized carbons (Fsp3) is 0.625. The molecule has 0 aromatic rings. The standard InChI is InChI=1S/C8H14O3/c1-3-4-5-7(11-2)6-8(9)10/h3,7H,1,4-6H2,2H3,(H,9,10)/t7-/m1/s1. The Morgan fingerprint density at radius 3 is 2.82 bits per heavy atom. The summed E-state index contributed by atoms with van der Waals surface area (Å²) in [5.41, 5.74) is 0. The smallest absolute Gasteiger partial charge is 0.305 e. The van der Waals surface area contributed by atoms with Gasteiger partial charge >= 0.3 is 5.97 Å². The van der Waals surface area contributed by atoms with Crippen LogP contribution in [0.25, 0.3) is 0 Å². The molecule has 11 heavy (non-hydrogen) atoms. The van der Waals surface area contributed by atoms with E-state index in [1.807, 2.05) is 0 Å². The molecule has 0 fully saturated rings. The third kappa shape index (κ3) is 5.61. The van der Waals surface area contributed by atoms with Crippen LogP contribution in [-0.2, 0) is 9.53 Å². The van der Waals surface area contributed by atoms with Gasteiger partial charge in [0.05, 0.1) is 12.5 Å². The Morgan fingerprint density at radius 1 is 1.82 bits per heavy atom. The highest BCUT2D eigenvalue weighted by atomic mass is 16.5. The van der Waals surface area contributed by atoms with Crippen molar-refractivity contribution in [1.29, 1.82) is 0 Å². The second kappa shape index (κ2) is 5.92. The van der Waals surface area contributed by atoms with Crippen LogP contribution in [0.15, 0.2) is 12.7 Å². The zero-order chi connectivity index (χ0) is 8.69. The van der Waals surface area contributed by atoms with Crippen molar-refractivity contribution in [1.82, 2.24) is 0 Å². The van der Waals surface area contributed by atoms with E-state index in [9.17, 15) is 4.79 Å². The van der Waals surface area contributed by atoms with Crippen LogP contribution in [0, 0.1) is 0 Å². The van der Waals surface area contributed by atoms with Crippen LogP contribution >= 0.6 is 0 Å². The number of carbonyl (C=O) groups is 1. The van der Waals surface area contributed by atoms with Crippen molar-refractivity contribution in [2.24, 2.45) is 0 Å². The van der Waals surface area contributed by atoms with E-state index < -0.39 is 5.97 Å². The van der Waals surface area contributed by atoms with Crippen molar-refractivity contribution >= 4 is 5.97 Å². The first-order valence-corrected chi connectivity index (χ1v) is 3.56. The molecule has 0 unspecified atom stereocenters. The summed E-state index contributed by atoms with van der Waals surface area (Å²) in [6, 6.07) is 0. The summed E-state index contributed by atoms with van der Waals surface area (Å²) in [6.45, 7) is 3.54. The molecule has 0 rings (SSSR count). The second-order valence-electron chi connectivity index (χ2n) is 2.32. The summed E-state index contributed by atoms with van der Waals surface area (Å²) in [5, 5.41) is 8.41. The molecule has 0 radical (unpaired) electrons. The zero-order valence-electron chi connectivity index (χ0n) is 6.75. The van der Waals surface area contributed by atoms with Gasteiger partial charge in [0, 0.05) is 7.11 Å². The van der Waals surface area contributed by atoms with Crippen molar-refractivity contribution in [3.05, 3.63) is 12.7 Å². The fourth-order valence-corrected chi connectivity index (χ4v) is 0.802. The largest absolute Gasteiger partial charge is 0.481 e. The molecule has 0 aliphatic heterocycles. The number of carboxylic acid groups (broad SMARTS) is 1. The maximum Gasteiger partial charge on any atom is 0.305 e. The summed E-state index contributed by atoms with van der Waals surface area (Å²) >= 11 is 0. The van der Waals surface area contributed by atoms with Gasteiger partial charge in [0.25, 0.3) is 0 Å². The van der Waals surface area contributed by atoms with Crippen molar-refractivity contribution in [3.8, 4) is 0 Å². The normalized spacial score (nSPS) is 12.5. The Labute approximate surface area is 66.7 Å². The molecular formula is C8H14O3. The minimum Gasteiger partial charge on any atom is -0.481 e. The Hall–Kier alpha value is -0.830. The quantitative estimate of drug-likeness (QED) is 0.595. The predicted molar refractivity (Wildman–Crippen MR) is 42.5 cm³/mol. The Balaban J connectivity index is 3.57. The molecule has 0 heterocycles. The van der Waals surface area contributed by atoms with Crippen molar-refractivity contribution < 1.29 is 14.6 Å². The van der Waals surface area contributed by atoms with Gasteiger partial charge in [-0.2, -0.15) is 0 Å². The van der Waals surface area contributed by atoms with E-state index in [0.717, 1.165) is 12.8 Å². The highest BCUT2D eigenvalue weighted by Gasteiger charge is 2.10. The van der Waals surface area contributed by atoms with E-state index in [-0.39, 0.29) is 12.5 Å². The minimum absolute atomic E-state index is 0.0737. The van der Waals surface area contributed by atoms with Gasteiger partial charge in [0.15, 0.2) is 0 Å². The molecule has 1 atom stereocenters. The van der Waals surface area contributed by atoms with Gasteiger partial charge in [-0.3, -0.25) is 4.79 Å².